The number of hydrogen-bond donors (Lipinski definition) is 1. The van der Waals surface area contributed by atoms with Crippen LogP contribution in [0.2, 0.25) is 0 Å². The van der Waals surface area contributed by atoms with Crippen LogP contribution >= 0.6 is 15.9 Å². The molecule has 1 N–H and O–H groups in total. The molecule has 112 valence electrons. The fourth-order valence-electron chi connectivity index (χ4n) is 1.71. The standard InChI is InChI=1S/C15H16BrFN2O2/c1-20-8-7-18-10-11-3-2-6-19-15(11)21-14-5-4-12(17)9-13(14)16/h2-6,9,18H,7-8,10H2,1H3. The summed E-state index contributed by atoms with van der Waals surface area (Å²) in [6.07, 6.45) is 1.66. The zero-order chi connectivity index (χ0) is 15.1. The van der Waals surface area contributed by atoms with E-state index in [2.05, 4.69) is 26.2 Å². The van der Waals surface area contributed by atoms with E-state index < -0.39 is 0 Å². The average molecular weight is 355 g/mol. The van der Waals surface area contributed by atoms with Gasteiger partial charge in [-0.25, -0.2) is 9.37 Å². The van der Waals surface area contributed by atoms with Crippen LogP contribution < -0.4 is 10.1 Å². The van der Waals surface area contributed by atoms with Gasteiger partial charge in [0.2, 0.25) is 5.88 Å². The van der Waals surface area contributed by atoms with Crippen molar-refractivity contribution in [2.75, 3.05) is 20.3 Å². The second-order valence-corrected chi connectivity index (χ2v) is 5.17. The summed E-state index contributed by atoms with van der Waals surface area (Å²) in [6, 6.07) is 8.05. The summed E-state index contributed by atoms with van der Waals surface area (Å²) in [5, 5.41) is 3.24. The number of methoxy groups -OCH3 is 1. The number of pyridine rings is 1. The predicted octanol–water partition coefficient (Wildman–Crippen LogP) is 3.51. The molecule has 0 saturated heterocycles. The molecule has 1 aromatic carbocycles. The Bertz CT molecular complexity index is 596. The van der Waals surface area contributed by atoms with Crippen molar-refractivity contribution in [1.82, 2.24) is 10.3 Å². The van der Waals surface area contributed by atoms with Crippen LogP contribution in [0.25, 0.3) is 0 Å². The third-order valence-corrected chi connectivity index (χ3v) is 3.37. The third-order valence-electron chi connectivity index (χ3n) is 2.75. The topological polar surface area (TPSA) is 43.4 Å². The normalized spacial score (nSPS) is 10.6. The first-order valence-electron chi connectivity index (χ1n) is 6.47. The Balaban J connectivity index is 2.08. The summed E-state index contributed by atoms with van der Waals surface area (Å²) >= 11 is 3.28. The monoisotopic (exact) mass is 354 g/mol. The predicted molar refractivity (Wildman–Crippen MR) is 82.0 cm³/mol. The molecule has 0 aliphatic heterocycles. The Kier molecular flexibility index (Phi) is 6.10. The van der Waals surface area contributed by atoms with Gasteiger partial charge in [0.25, 0.3) is 0 Å². The van der Waals surface area contributed by atoms with Crippen molar-refractivity contribution >= 4 is 15.9 Å². The van der Waals surface area contributed by atoms with Crippen LogP contribution in [0.15, 0.2) is 41.0 Å². The van der Waals surface area contributed by atoms with Crippen LogP contribution in [0.1, 0.15) is 5.56 Å². The summed E-state index contributed by atoms with van der Waals surface area (Å²) in [4.78, 5) is 4.23. The molecular weight excluding hydrogens is 339 g/mol. The fourth-order valence-corrected chi connectivity index (χ4v) is 2.14. The fraction of sp³-hybridized carbons (Fsp3) is 0.267. The SMILES string of the molecule is COCCNCc1cccnc1Oc1ccc(F)cc1Br. The average Bonchev–Trinajstić information content (AvgIpc) is 2.48. The maximum Gasteiger partial charge on any atom is 0.223 e. The highest BCUT2D eigenvalue weighted by molar-refractivity contribution is 9.10. The Morgan fingerprint density at radius 1 is 1.33 bits per heavy atom. The van der Waals surface area contributed by atoms with Gasteiger partial charge in [-0.15, -0.1) is 0 Å². The van der Waals surface area contributed by atoms with Crippen molar-refractivity contribution in [2.45, 2.75) is 6.54 Å². The minimum Gasteiger partial charge on any atom is -0.438 e. The molecule has 6 heteroatoms. The molecule has 0 saturated carbocycles. The minimum atomic E-state index is -0.322. The lowest BCUT2D eigenvalue weighted by Gasteiger charge is -2.11. The van der Waals surface area contributed by atoms with Gasteiger partial charge >= 0.3 is 0 Å². The van der Waals surface area contributed by atoms with Crippen LogP contribution in [0.3, 0.4) is 0 Å². The lowest BCUT2D eigenvalue weighted by Crippen LogP contribution is -2.19. The smallest absolute Gasteiger partial charge is 0.223 e. The maximum absolute atomic E-state index is 13.1. The lowest BCUT2D eigenvalue weighted by atomic mass is 10.2. The van der Waals surface area contributed by atoms with E-state index in [0.29, 0.717) is 29.3 Å². The van der Waals surface area contributed by atoms with E-state index in [1.165, 1.54) is 12.1 Å². The summed E-state index contributed by atoms with van der Waals surface area (Å²) < 4.78 is 24.4. The van der Waals surface area contributed by atoms with Gasteiger partial charge in [0.15, 0.2) is 0 Å². The highest BCUT2D eigenvalue weighted by Gasteiger charge is 2.09. The van der Waals surface area contributed by atoms with Crippen molar-refractivity contribution < 1.29 is 13.9 Å². The molecule has 2 rings (SSSR count). The Morgan fingerprint density at radius 3 is 2.95 bits per heavy atom. The molecule has 0 bridgehead atoms. The number of ether oxygens (including phenoxy) is 2. The lowest BCUT2D eigenvalue weighted by molar-refractivity contribution is 0.199. The first-order chi connectivity index (χ1) is 10.2. The largest absolute Gasteiger partial charge is 0.438 e. The van der Waals surface area contributed by atoms with E-state index in [0.717, 1.165) is 12.1 Å². The highest BCUT2D eigenvalue weighted by Crippen LogP contribution is 2.30. The summed E-state index contributed by atoms with van der Waals surface area (Å²) in [5.41, 5.74) is 0.921. The maximum atomic E-state index is 13.1. The van der Waals surface area contributed by atoms with Gasteiger partial charge in [-0.05, 0) is 40.2 Å². The van der Waals surface area contributed by atoms with Crippen LogP contribution in [0.4, 0.5) is 4.39 Å². The Morgan fingerprint density at radius 2 is 2.19 bits per heavy atom. The van der Waals surface area contributed by atoms with Gasteiger partial charge in [-0.2, -0.15) is 0 Å². The van der Waals surface area contributed by atoms with Crippen molar-refractivity contribution in [3.8, 4) is 11.6 Å². The van der Waals surface area contributed by atoms with Crippen LogP contribution in [0, 0.1) is 5.82 Å². The van der Waals surface area contributed by atoms with E-state index in [1.807, 2.05) is 12.1 Å². The van der Waals surface area contributed by atoms with Gasteiger partial charge in [-0.3, -0.25) is 0 Å². The molecule has 4 nitrogen and oxygen atoms in total. The van der Waals surface area contributed by atoms with Crippen LogP contribution in [-0.2, 0) is 11.3 Å². The molecule has 1 heterocycles. The second-order valence-electron chi connectivity index (χ2n) is 4.31. The molecule has 0 atom stereocenters. The summed E-state index contributed by atoms with van der Waals surface area (Å²) in [6.45, 7) is 2.00. The van der Waals surface area contributed by atoms with Gasteiger partial charge in [0.05, 0.1) is 11.1 Å². The molecule has 0 spiro atoms. The van der Waals surface area contributed by atoms with Gasteiger partial charge in [0.1, 0.15) is 11.6 Å². The Labute approximate surface area is 131 Å². The van der Waals surface area contributed by atoms with E-state index in [1.54, 1.807) is 19.4 Å². The van der Waals surface area contributed by atoms with Gasteiger partial charge < -0.3 is 14.8 Å². The molecule has 21 heavy (non-hydrogen) atoms. The molecular formula is C15H16BrFN2O2. The van der Waals surface area contributed by atoms with E-state index in [4.69, 9.17) is 9.47 Å². The zero-order valence-electron chi connectivity index (χ0n) is 11.6. The van der Waals surface area contributed by atoms with Crippen LogP contribution in [-0.4, -0.2) is 25.2 Å². The van der Waals surface area contributed by atoms with E-state index in [9.17, 15) is 4.39 Å². The number of rotatable bonds is 7. The number of aromatic nitrogens is 1. The number of halogens is 2. The van der Waals surface area contributed by atoms with Crippen molar-refractivity contribution in [3.63, 3.8) is 0 Å². The Hall–Kier alpha value is -1.50. The first-order valence-corrected chi connectivity index (χ1v) is 7.26. The molecule has 0 fully saturated rings. The van der Waals surface area contributed by atoms with E-state index >= 15 is 0 Å². The molecule has 0 amide bonds. The third kappa shape index (κ3) is 4.77. The second kappa shape index (κ2) is 8.07. The van der Waals surface area contributed by atoms with Crippen molar-refractivity contribution in [2.24, 2.45) is 0 Å². The molecule has 2 aromatic rings. The van der Waals surface area contributed by atoms with E-state index in [-0.39, 0.29) is 5.82 Å². The molecule has 0 aliphatic carbocycles. The van der Waals surface area contributed by atoms with Crippen molar-refractivity contribution in [1.29, 1.82) is 0 Å². The molecule has 1 aromatic heterocycles. The summed E-state index contributed by atoms with van der Waals surface area (Å²) in [7, 11) is 1.66. The number of benzene rings is 1. The number of nitrogens with one attached hydrogen (secondary N) is 1. The van der Waals surface area contributed by atoms with Crippen LogP contribution in [0.5, 0.6) is 11.6 Å². The quantitative estimate of drug-likeness (QED) is 0.772. The van der Waals surface area contributed by atoms with Gasteiger partial charge in [-0.1, -0.05) is 6.07 Å². The van der Waals surface area contributed by atoms with Gasteiger partial charge in [0, 0.05) is 32.0 Å². The number of nitrogens with zero attached hydrogens (tertiary/aromatic N) is 1. The molecule has 0 unspecified atom stereocenters. The first kappa shape index (κ1) is 15.9. The van der Waals surface area contributed by atoms with Crippen molar-refractivity contribution in [3.05, 3.63) is 52.4 Å². The molecule has 0 radical (unpaired) electrons. The minimum absolute atomic E-state index is 0.322. The summed E-state index contributed by atoms with van der Waals surface area (Å²) in [5.74, 6) is 0.694. The molecule has 0 aliphatic rings. The zero-order valence-corrected chi connectivity index (χ0v) is 13.2. The highest BCUT2D eigenvalue weighted by atomic mass is 79.9. The number of hydrogen-bond acceptors (Lipinski definition) is 4.